The minimum absolute atomic E-state index is 0.145. The Kier molecular flexibility index (Phi) is 5.33. The summed E-state index contributed by atoms with van der Waals surface area (Å²) in [6.45, 7) is 2.71. The Morgan fingerprint density at radius 2 is 2.00 bits per heavy atom. The average Bonchev–Trinajstić information content (AvgIpc) is 2.47. The van der Waals surface area contributed by atoms with Crippen molar-refractivity contribution in [3.05, 3.63) is 58.8 Å². The second-order valence-corrected chi connectivity index (χ2v) is 5.38. The molecule has 0 aliphatic carbocycles. The normalized spacial score (nSPS) is 10.2. The maximum Gasteiger partial charge on any atom is 0.243 e. The van der Waals surface area contributed by atoms with Crippen LogP contribution in [0.2, 0.25) is 0 Å². The number of anilines is 2. The summed E-state index contributed by atoms with van der Waals surface area (Å²) in [4.78, 5) is 13.9. The molecular weight excluding hydrogens is 335 g/mol. The first-order chi connectivity index (χ1) is 10.1. The van der Waals surface area contributed by atoms with Crippen molar-refractivity contribution in [2.75, 3.05) is 23.3 Å². The van der Waals surface area contributed by atoms with Gasteiger partial charge in [-0.15, -0.1) is 0 Å². The highest BCUT2D eigenvalue weighted by Gasteiger charge is 2.11. The topological polar surface area (TPSA) is 32.3 Å². The molecule has 0 saturated carbocycles. The molecule has 0 radical (unpaired) electrons. The van der Waals surface area contributed by atoms with E-state index in [0.29, 0.717) is 12.2 Å². The predicted octanol–water partition coefficient (Wildman–Crippen LogP) is 4.05. The van der Waals surface area contributed by atoms with Crippen LogP contribution in [0, 0.1) is 5.82 Å². The van der Waals surface area contributed by atoms with Crippen LogP contribution in [0.15, 0.2) is 53.0 Å². The second-order valence-electron chi connectivity index (χ2n) is 4.52. The van der Waals surface area contributed by atoms with Gasteiger partial charge in [-0.1, -0.05) is 18.2 Å². The van der Waals surface area contributed by atoms with Gasteiger partial charge in [0.25, 0.3) is 0 Å². The van der Waals surface area contributed by atoms with Gasteiger partial charge >= 0.3 is 0 Å². The van der Waals surface area contributed by atoms with Crippen molar-refractivity contribution in [2.24, 2.45) is 0 Å². The Bertz CT molecular complexity index is 633. The van der Waals surface area contributed by atoms with Gasteiger partial charge in [0.2, 0.25) is 5.91 Å². The fourth-order valence-electron chi connectivity index (χ4n) is 1.98. The lowest BCUT2D eigenvalue weighted by Crippen LogP contribution is -2.33. The molecule has 110 valence electrons. The molecule has 0 unspecified atom stereocenters. The first-order valence-corrected chi connectivity index (χ1v) is 7.44. The molecule has 3 nitrogen and oxygen atoms in total. The van der Waals surface area contributed by atoms with Crippen molar-refractivity contribution in [2.45, 2.75) is 6.92 Å². The van der Waals surface area contributed by atoms with Crippen LogP contribution in [0.3, 0.4) is 0 Å². The molecule has 0 saturated heterocycles. The number of halogens is 2. The van der Waals surface area contributed by atoms with Gasteiger partial charge in [-0.3, -0.25) is 4.79 Å². The van der Waals surface area contributed by atoms with Crippen molar-refractivity contribution < 1.29 is 9.18 Å². The van der Waals surface area contributed by atoms with E-state index in [4.69, 9.17) is 0 Å². The number of amides is 1. The first kappa shape index (κ1) is 15.5. The highest BCUT2D eigenvalue weighted by atomic mass is 79.9. The van der Waals surface area contributed by atoms with Crippen molar-refractivity contribution >= 4 is 33.2 Å². The van der Waals surface area contributed by atoms with Gasteiger partial charge in [-0.2, -0.15) is 0 Å². The van der Waals surface area contributed by atoms with Crippen molar-refractivity contribution in [1.82, 2.24) is 0 Å². The fraction of sp³-hybridized carbons (Fsp3) is 0.188. The Hall–Kier alpha value is -1.88. The van der Waals surface area contributed by atoms with Gasteiger partial charge in [-0.25, -0.2) is 4.39 Å². The SMILES string of the molecule is CCN(CC(=O)Nc1ccccc1Br)c1cccc(F)c1. The van der Waals surface area contributed by atoms with Crippen LogP contribution in [0.25, 0.3) is 0 Å². The van der Waals surface area contributed by atoms with Gasteiger partial charge in [0.1, 0.15) is 5.82 Å². The van der Waals surface area contributed by atoms with Gasteiger partial charge in [0.15, 0.2) is 0 Å². The third kappa shape index (κ3) is 4.29. The number of carbonyl (C=O) groups excluding carboxylic acids is 1. The van der Waals surface area contributed by atoms with E-state index in [1.165, 1.54) is 12.1 Å². The molecule has 0 aromatic heterocycles. The van der Waals surface area contributed by atoms with Crippen molar-refractivity contribution in [3.8, 4) is 0 Å². The maximum atomic E-state index is 13.3. The van der Waals surface area contributed by atoms with E-state index in [1.807, 2.05) is 36.1 Å². The molecule has 2 aromatic carbocycles. The third-order valence-corrected chi connectivity index (χ3v) is 3.73. The van der Waals surface area contributed by atoms with Crippen LogP contribution in [-0.4, -0.2) is 19.0 Å². The van der Waals surface area contributed by atoms with Crippen molar-refractivity contribution in [1.29, 1.82) is 0 Å². The largest absolute Gasteiger partial charge is 0.362 e. The number of hydrogen-bond donors (Lipinski definition) is 1. The monoisotopic (exact) mass is 350 g/mol. The maximum absolute atomic E-state index is 13.3. The number of hydrogen-bond acceptors (Lipinski definition) is 2. The lowest BCUT2D eigenvalue weighted by Gasteiger charge is -2.22. The molecule has 0 fully saturated rings. The number of likely N-dealkylation sites (N-methyl/N-ethyl adjacent to an activating group) is 1. The van der Waals surface area contributed by atoms with E-state index in [0.717, 1.165) is 10.2 Å². The molecule has 0 heterocycles. The summed E-state index contributed by atoms with van der Waals surface area (Å²) in [5, 5.41) is 2.84. The number of para-hydroxylation sites is 1. The number of benzene rings is 2. The fourth-order valence-corrected chi connectivity index (χ4v) is 2.37. The van der Waals surface area contributed by atoms with Crippen LogP contribution in [0.4, 0.5) is 15.8 Å². The molecular formula is C16H16BrFN2O. The van der Waals surface area contributed by atoms with Gasteiger partial charge in [0.05, 0.1) is 12.2 Å². The summed E-state index contributed by atoms with van der Waals surface area (Å²) in [5.41, 5.74) is 1.41. The number of nitrogens with one attached hydrogen (secondary N) is 1. The number of rotatable bonds is 5. The second kappa shape index (κ2) is 7.22. The van der Waals surface area contributed by atoms with E-state index in [9.17, 15) is 9.18 Å². The Morgan fingerprint density at radius 3 is 2.67 bits per heavy atom. The van der Waals surface area contributed by atoms with E-state index in [1.54, 1.807) is 12.1 Å². The first-order valence-electron chi connectivity index (χ1n) is 6.65. The summed E-state index contributed by atoms with van der Waals surface area (Å²) < 4.78 is 14.1. The molecule has 2 aromatic rings. The quantitative estimate of drug-likeness (QED) is 0.881. The van der Waals surface area contributed by atoms with E-state index in [2.05, 4.69) is 21.2 Å². The molecule has 1 N–H and O–H groups in total. The molecule has 0 aliphatic rings. The van der Waals surface area contributed by atoms with Crippen LogP contribution in [0.5, 0.6) is 0 Å². The highest BCUT2D eigenvalue weighted by Crippen LogP contribution is 2.21. The zero-order valence-corrected chi connectivity index (χ0v) is 13.2. The summed E-state index contributed by atoms with van der Waals surface area (Å²) in [7, 11) is 0. The van der Waals surface area contributed by atoms with Crippen LogP contribution in [-0.2, 0) is 4.79 Å². The predicted molar refractivity (Wildman–Crippen MR) is 87.1 cm³/mol. The zero-order chi connectivity index (χ0) is 15.2. The molecule has 0 spiro atoms. The highest BCUT2D eigenvalue weighted by molar-refractivity contribution is 9.10. The molecule has 0 atom stereocenters. The van der Waals surface area contributed by atoms with Crippen LogP contribution in [0.1, 0.15) is 6.92 Å². The van der Waals surface area contributed by atoms with E-state index < -0.39 is 0 Å². The summed E-state index contributed by atoms with van der Waals surface area (Å²) in [6, 6.07) is 13.7. The average molecular weight is 351 g/mol. The summed E-state index contributed by atoms with van der Waals surface area (Å²) in [6.07, 6.45) is 0. The molecule has 21 heavy (non-hydrogen) atoms. The Balaban J connectivity index is 2.05. The Labute approximate surface area is 131 Å². The lowest BCUT2D eigenvalue weighted by molar-refractivity contribution is -0.115. The smallest absolute Gasteiger partial charge is 0.243 e. The Morgan fingerprint density at radius 1 is 1.24 bits per heavy atom. The molecule has 1 amide bonds. The number of carbonyl (C=O) groups is 1. The molecule has 2 rings (SSSR count). The van der Waals surface area contributed by atoms with Crippen LogP contribution >= 0.6 is 15.9 Å². The summed E-state index contributed by atoms with van der Waals surface area (Å²) >= 11 is 3.38. The van der Waals surface area contributed by atoms with E-state index in [-0.39, 0.29) is 18.3 Å². The summed E-state index contributed by atoms with van der Waals surface area (Å²) in [5.74, 6) is -0.454. The van der Waals surface area contributed by atoms with Crippen LogP contribution < -0.4 is 10.2 Å². The van der Waals surface area contributed by atoms with Gasteiger partial charge in [0, 0.05) is 16.7 Å². The third-order valence-electron chi connectivity index (χ3n) is 3.04. The molecule has 0 aliphatic heterocycles. The standard InChI is InChI=1S/C16H16BrFN2O/c1-2-20(13-7-5-6-12(18)10-13)11-16(21)19-15-9-4-3-8-14(15)17/h3-10H,2,11H2,1H3,(H,19,21). The minimum Gasteiger partial charge on any atom is -0.362 e. The van der Waals surface area contributed by atoms with E-state index >= 15 is 0 Å². The number of nitrogens with zero attached hydrogens (tertiary/aromatic N) is 1. The molecule has 5 heteroatoms. The zero-order valence-electron chi connectivity index (χ0n) is 11.6. The van der Waals surface area contributed by atoms with Gasteiger partial charge in [-0.05, 0) is 53.2 Å². The molecule has 0 bridgehead atoms. The van der Waals surface area contributed by atoms with Gasteiger partial charge < -0.3 is 10.2 Å². The van der Waals surface area contributed by atoms with Crippen molar-refractivity contribution in [3.63, 3.8) is 0 Å². The lowest BCUT2D eigenvalue weighted by atomic mass is 10.2. The minimum atomic E-state index is -0.308.